The van der Waals surface area contributed by atoms with E-state index in [0.717, 1.165) is 16.3 Å². The molecule has 0 spiro atoms. The molecule has 5 heteroatoms. The minimum absolute atomic E-state index is 0. The van der Waals surface area contributed by atoms with Gasteiger partial charge in [-0.3, -0.25) is 4.98 Å². The minimum atomic E-state index is 0. The zero-order valence-electron chi connectivity index (χ0n) is 8.33. The molecule has 0 aliphatic rings. The van der Waals surface area contributed by atoms with E-state index in [2.05, 4.69) is 26.8 Å². The Balaban J connectivity index is 0.00000108. The molecule has 3 aromatic heterocycles. The summed E-state index contributed by atoms with van der Waals surface area (Å²) in [6.07, 6.45) is 3.58. The molecule has 3 aromatic rings. The van der Waals surface area contributed by atoms with Crippen molar-refractivity contribution in [3.05, 3.63) is 47.4 Å². The van der Waals surface area contributed by atoms with Crippen LogP contribution in [0.2, 0.25) is 0 Å². The van der Waals surface area contributed by atoms with Gasteiger partial charge in [-0.25, -0.2) is 4.98 Å². The van der Waals surface area contributed by atoms with Crippen LogP contribution in [0.1, 0.15) is 0 Å². The number of hydrogen-bond acceptors (Lipinski definition) is 4. The molecule has 3 heterocycles. The van der Waals surface area contributed by atoms with Crippen molar-refractivity contribution in [2.45, 2.75) is 0 Å². The topological polar surface area (TPSA) is 25.8 Å². The molecule has 17 heavy (non-hydrogen) atoms. The van der Waals surface area contributed by atoms with E-state index in [-0.39, 0.29) is 29.6 Å². The number of nitrogens with zero attached hydrogens (tertiary/aromatic N) is 2. The van der Waals surface area contributed by atoms with Gasteiger partial charge in [0.25, 0.3) is 0 Å². The summed E-state index contributed by atoms with van der Waals surface area (Å²) in [7, 11) is 0. The predicted octanol–water partition coefficient (Wildman–Crippen LogP) is 3.29. The Morgan fingerprint density at radius 1 is 1.00 bits per heavy atom. The van der Waals surface area contributed by atoms with Gasteiger partial charge in [0.2, 0.25) is 0 Å². The Bertz CT molecular complexity index is 576. The van der Waals surface area contributed by atoms with Gasteiger partial charge in [-0.2, -0.15) is 0 Å². The Morgan fingerprint density at radius 3 is 2.53 bits per heavy atom. The fourth-order valence-electron chi connectivity index (χ4n) is 1.44. The summed E-state index contributed by atoms with van der Waals surface area (Å²) in [5, 5.41) is 5.24. The van der Waals surface area contributed by atoms with Crippen molar-refractivity contribution in [3.63, 3.8) is 0 Å². The molecule has 0 bridgehead atoms. The first-order valence-electron chi connectivity index (χ1n) is 4.83. The fourth-order valence-corrected chi connectivity index (χ4v) is 3.09. The quantitative estimate of drug-likeness (QED) is 0.667. The average Bonchev–Trinajstić information content (AvgIpc) is 3.01. The molecule has 0 saturated heterocycles. The van der Waals surface area contributed by atoms with Gasteiger partial charge in [-0.05, 0) is 23.6 Å². The predicted molar refractivity (Wildman–Crippen MR) is 75.8 cm³/mol. The zero-order valence-corrected chi connectivity index (χ0v) is 9.96. The summed E-state index contributed by atoms with van der Waals surface area (Å²) < 4.78 is 0. The van der Waals surface area contributed by atoms with Crippen LogP contribution in [0.25, 0.3) is 21.1 Å². The second kappa shape index (κ2) is 5.89. The third kappa shape index (κ3) is 2.84. The van der Waals surface area contributed by atoms with Crippen LogP contribution in [0, 0.1) is 0 Å². The molecule has 80 valence electrons. The molecule has 0 unspecified atom stereocenters. The molecule has 3 rings (SSSR count). The second-order valence-electron chi connectivity index (χ2n) is 3.25. The van der Waals surface area contributed by atoms with E-state index in [1.807, 2.05) is 18.2 Å². The van der Waals surface area contributed by atoms with Crippen molar-refractivity contribution in [1.29, 1.82) is 0 Å². The maximum atomic E-state index is 4.62. The van der Waals surface area contributed by atoms with Crippen LogP contribution in [-0.4, -0.2) is 39.5 Å². The standard InChI is InChI=1S/C12H8N2S2.Na.H/c1-2-11(15-7-1)12-14-10(8-16-12)9-3-5-13-6-4-9;;/h1-8H;;. The SMILES string of the molecule is [NaH].c1csc(-c2nc(-c3ccncc3)cs2)c1. The molecule has 2 nitrogen and oxygen atoms in total. The van der Waals surface area contributed by atoms with Gasteiger partial charge < -0.3 is 0 Å². The summed E-state index contributed by atoms with van der Waals surface area (Å²) in [4.78, 5) is 9.86. The van der Waals surface area contributed by atoms with Crippen LogP contribution in [0.5, 0.6) is 0 Å². The van der Waals surface area contributed by atoms with Gasteiger partial charge >= 0.3 is 29.6 Å². The van der Waals surface area contributed by atoms with E-state index in [1.54, 1.807) is 35.1 Å². The third-order valence-electron chi connectivity index (χ3n) is 2.21. The maximum Gasteiger partial charge on any atom is 0.134 e. The summed E-state index contributed by atoms with van der Waals surface area (Å²) in [5.74, 6) is 0. The molecule has 0 aromatic carbocycles. The van der Waals surface area contributed by atoms with E-state index in [9.17, 15) is 0 Å². The molecule has 0 aliphatic carbocycles. The molecule has 0 saturated carbocycles. The van der Waals surface area contributed by atoms with E-state index >= 15 is 0 Å². The first-order valence-corrected chi connectivity index (χ1v) is 6.59. The summed E-state index contributed by atoms with van der Waals surface area (Å²) >= 11 is 3.40. The van der Waals surface area contributed by atoms with Crippen LogP contribution in [0.3, 0.4) is 0 Å². The molecule has 0 atom stereocenters. The first-order chi connectivity index (χ1) is 7.93. The van der Waals surface area contributed by atoms with Crippen molar-refractivity contribution in [1.82, 2.24) is 9.97 Å². The number of pyridine rings is 1. The van der Waals surface area contributed by atoms with Gasteiger partial charge in [0.05, 0.1) is 10.6 Å². The van der Waals surface area contributed by atoms with Gasteiger partial charge in [0.1, 0.15) is 5.01 Å². The van der Waals surface area contributed by atoms with Crippen molar-refractivity contribution in [3.8, 4) is 21.1 Å². The minimum Gasteiger partial charge on any atom is -0.265 e. The Kier molecular flexibility index (Phi) is 4.48. The third-order valence-corrected chi connectivity index (χ3v) is 4.09. The van der Waals surface area contributed by atoms with Crippen molar-refractivity contribution in [2.75, 3.05) is 0 Å². The zero-order chi connectivity index (χ0) is 10.8. The van der Waals surface area contributed by atoms with E-state index in [4.69, 9.17) is 0 Å². The molecule has 0 amide bonds. The molecule has 0 fully saturated rings. The van der Waals surface area contributed by atoms with E-state index in [0.29, 0.717) is 0 Å². The first kappa shape index (κ1) is 12.9. The van der Waals surface area contributed by atoms with Gasteiger partial charge in [-0.1, -0.05) is 6.07 Å². The Morgan fingerprint density at radius 2 is 1.82 bits per heavy atom. The molecular formula is C12H9N2NaS2. The van der Waals surface area contributed by atoms with Gasteiger partial charge in [0.15, 0.2) is 0 Å². The fraction of sp³-hybridized carbons (Fsp3) is 0. The summed E-state index contributed by atoms with van der Waals surface area (Å²) in [6, 6.07) is 8.11. The monoisotopic (exact) mass is 268 g/mol. The number of thiazole rings is 1. The van der Waals surface area contributed by atoms with Gasteiger partial charge in [0, 0.05) is 23.3 Å². The van der Waals surface area contributed by atoms with Crippen LogP contribution in [0.15, 0.2) is 47.4 Å². The molecule has 0 N–H and O–H groups in total. The number of hydrogen-bond donors (Lipinski definition) is 0. The largest absolute Gasteiger partial charge is 0.265 e. The van der Waals surface area contributed by atoms with E-state index in [1.165, 1.54) is 4.88 Å². The number of aromatic nitrogens is 2. The van der Waals surface area contributed by atoms with Crippen LogP contribution in [-0.2, 0) is 0 Å². The molecule has 0 radical (unpaired) electrons. The van der Waals surface area contributed by atoms with Crippen LogP contribution < -0.4 is 0 Å². The summed E-state index contributed by atoms with van der Waals surface area (Å²) in [6.45, 7) is 0. The molecular weight excluding hydrogens is 259 g/mol. The normalized spacial score (nSPS) is 9.88. The molecule has 0 aliphatic heterocycles. The van der Waals surface area contributed by atoms with Crippen LogP contribution in [0.4, 0.5) is 0 Å². The second-order valence-corrected chi connectivity index (χ2v) is 5.06. The smallest absolute Gasteiger partial charge is 0.134 e. The number of thiophene rings is 1. The van der Waals surface area contributed by atoms with Crippen molar-refractivity contribution >= 4 is 52.2 Å². The number of rotatable bonds is 2. The van der Waals surface area contributed by atoms with E-state index < -0.39 is 0 Å². The van der Waals surface area contributed by atoms with Crippen LogP contribution >= 0.6 is 22.7 Å². The Labute approximate surface area is 130 Å². The average molecular weight is 268 g/mol. The van der Waals surface area contributed by atoms with Crippen molar-refractivity contribution < 1.29 is 0 Å². The Hall–Kier alpha value is -0.520. The maximum absolute atomic E-state index is 4.62. The summed E-state index contributed by atoms with van der Waals surface area (Å²) in [5.41, 5.74) is 2.14. The van der Waals surface area contributed by atoms with Gasteiger partial charge in [-0.15, -0.1) is 22.7 Å². The van der Waals surface area contributed by atoms with Crippen molar-refractivity contribution in [2.24, 2.45) is 0 Å².